The Kier molecular flexibility index (Phi) is 4.31. The zero-order valence-electron chi connectivity index (χ0n) is 11.1. The van der Waals surface area contributed by atoms with Gasteiger partial charge < -0.3 is 10.5 Å². The van der Waals surface area contributed by atoms with E-state index >= 15 is 0 Å². The molecule has 0 spiro atoms. The molecule has 2 rings (SSSR count). The summed E-state index contributed by atoms with van der Waals surface area (Å²) in [5.41, 5.74) is 5.77. The highest BCUT2D eigenvalue weighted by Gasteiger charge is 2.40. The summed E-state index contributed by atoms with van der Waals surface area (Å²) in [4.78, 5) is 2.23. The fourth-order valence-corrected chi connectivity index (χ4v) is 4.53. The van der Waals surface area contributed by atoms with Crippen molar-refractivity contribution in [1.82, 2.24) is 4.90 Å². The fraction of sp³-hybridized carbons (Fsp3) is 1.00. The van der Waals surface area contributed by atoms with Gasteiger partial charge in [-0.2, -0.15) is 0 Å². The lowest BCUT2D eigenvalue weighted by Gasteiger charge is -2.44. The first kappa shape index (κ1) is 14.2. The van der Waals surface area contributed by atoms with Gasteiger partial charge in [0.25, 0.3) is 0 Å². The van der Waals surface area contributed by atoms with Crippen molar-refractivity contribution < 1.29 is 13.2 Å². The van der Waals surface area contributed by atoms with E-state index in [2.05, 4.69) is 4.90 Å². The van der Waals surface area contributed by atoms with Crippen molar-refractivity contribution in [3.63, 3.8) is 0 Å². The number of hydrogen-bond donors (Lipinski definition) is 1. The van der Waals surface area contributed by atoms with Gasteiger partial charge in [-0.3, -0.25) is 4.90 Å². The Morgan fingerprint density at radius 1 is 1.39 bits per heavy atom. The monoisotopic (exact) mass is 276 g/mol. The van der Waals surface area contributed by atoms with Crippen molar-refractivity contribution in [2.24, 2.45) is 5.73 Å². The van der Waals surface area contributed by atoms with Gasteiger partial charge in [-0.15, -0.1) is 0 Å². The van der Waals surface area contributed by atoms with Gasteiger partial charge in [0.2, 0.25) is 0 Å². The third-order valence-electron chi connectivity index (χ3n) is 4.45. The second-order valence-electron chi connectivity index (χ2n) is 5.60. The molecule has 5 nitrogen and oxygen atoms in total. The molecule has 0 aliphatic carbocycles. The minimum Gasteiger partial charge on any atom is -0.377 e. The van der Waals surface area contributed by atoms with E-state index < -0.39 is 9.84 Å². The number of ether oxygens (including phenoxy) is 1. The van der Waals surface area contributed by atoms with Gasteiger partial charge >= 0.3 is 0 Å². The first-order valence-electron chi connectivity index (χ1n) is 6.71. The van der Waals surface area contributed by atoms with Crippen LogP contribution in [0.25, 0.3) is 0 Å². The van der Waals surface area contributed by atoms with Crippen molar-refractivity contribution in [3.8, 4) is 0 Å². The molecule has 2 aliphatic heterocycles. The number of sulfone groups is 1. The normalized spacial score (nSPS) is 30.7. The molecular weight excluding hydrogens is 252 g/mol. The summed E-state index contributed by atoms with van der Waals surface area (Å²) in [6.45, 7) is 2.23. The summed E-state index contributed by atoms with van der Waals surface area (Å²) in [5.74, 6) is 0.528. The van der Waals surface area contributed by atoms with Crippen molar-refractivity contribution in [2.75, 3.05) is 38.2 Å². The highest BCUT2D eigenvalue weighted by Crippen LogP contribution is 2.29. The van der Waals surface area contributed by atoms with Crippen molar-refractivity contribution >= 4 is 9.84 Å². The lowest BCUT2D eigenvalue weighted by atomic mass is 9.90. The van der Waals surface area contributed by atoms with E-state index in [4.69, 9.17) is 10.5 Å². The van der Waals surface area contributed by atoms with Gasteiger partial charge in [-0.1, -0.05) is 0 Å². The molecule has 0 aromatic rings. The number of likely N-dealkylation sites (N-methyl/N-ethyl adjacent to an activating group) is 1. The Morgan fingerprint density at radius 2 is 2.06 bits per heavy atom. The van der Waals surface area contributed by atoms with Gasteiger partial charge in [0.05, 0.1) is 17.6 Å². The average Bonchev–Trinajstić information content (AvgIpc) is 2.82. The van der Waals surface area contributed by atoms with Crippen LogP contribution in [-0.4, -0.2) is 63.2 Å². The molecule has 0 radical (unpaired) electrons. The van der Waals surface area contributed by atoms with Crippen LogP contribution in [0.15, 0.2) is 0 Å². The Labute approximate surface area is 110 Å². The Hall–Kier alpha value is -0.170. The summed E-state index contributed by atoms with van der Waals surface area (Å²) >= 11 is 0. The third-order valence-corrected chi connectivity index (χ3v) is 6.10. The van der Waals surface area contributed by atoms with Crippen molar-refractivity contribution in [3.05, 3.63) is 0 Å². The summed E-state index contributed by atoms with van der Waals surface area (Å²) in [6, 6.07) is 0. The molecule has 2 aliphatic rings. The Balaban J connectivity index is 1.98. The predicted molar refractivity (Wildman–Crippen MR) is 71.3 cm³/mol. The molecule has 2 heterocycles. The predicted octanol–water partition coefficient (Wildman–Crippen LogP) is 0.00330. The first-order chi connectivity index (χ1) is 8.47. The zero-order chi connectivity index (χ0) is 13.2. The second kappa shape index (κ2) is 5.45. The third kappa shape index (κ3) is 3.04. The molecule has 2 saturated heterocycles. The van der Waals surface area contributed by atoms with E-state index in [1.54, 1.807) is 0 Å². The largest absolute Gasteiger partial charge is 0.377 e. The molecular formula is C12H24N2O3S. The number of nitrogens with zero attached hydrogens (tertiary/aromatic N) is 1. The maximum absolute atomic E-state index is 11.5. The van der Waals surface area contributed by atoms with Gasteiger partial charge in [-0.05, 0) is 32.7 Å². The summed E-state index contributed by atoms with van der Waals surface area (Å²) < 4.78 is 28.7. The lowest BCUT2D eigenvalue weighted by Crippen LogP contribution is -2.57. The molecule has 106 valence electrons. The van der Waals surface area contributed by atoms with Gasteiger partial charge in [-0.25, -0.2) is 8.42 Å². The number of rotatable bonds is 4. The van der Waals surface area contributed by atoms with Crippen molar-refractivity contribution in [1.29, 1.82) is 0 Å². The van der Waals surface area contributed by atoms with Crippen LogP contribution >= 0.6 is 0 Å². The Morgan fingerprint density at radius 3 is 2.56 bits per heavy atom. The van der Waals surface area contributed by atoms with E-state index in [0.29, 0.717) is 19.4 Å². The van der Waals surface area contributed by atoms with E-state index in [0.717, 1.165) is 26.0 Å². The van der Waals surface area contributed by atoms with Crippen LogP contribution in [0.1, 0.15) is 25.7 Å². The average molecular weight is 276 g/mol. The van der Waals surface area contributed by atoms with E-state index in [-0.39, 0.29) is 23.1 Å². The molecule has 1 atom stereocenters. The summed E-state index contributed by atoms with van der Waals surface area (Å²) in [7, 11) is -0.790. The van der Waals surface area contributed by atoms with E-state index in [9.17, 15) is 8.42 Å². The highest BCUT2D eigenvalue weighted by molar-refractivity contribution is 7.91. The molecule has 0 bridgehead atoms. The maximum Gasteiger partial charge on any atom is 0.150 e. The summed E-state index contributed by atoms with van der Waals surface area (Å²) in [6.07, 6.45) is 3.81. The summed E-state index contributed by atoms with van der Waals surface area (Å²) in [5, 5.41) is 0. The SMILES string of the molecule is CN(CC1CCCO1)C1(CN)CCS(=O)(=O)CC1. The molecule has 0 amide bonds. The van der Waals surface area contributed by atoms with Gasteiger partial charge in [0.1, 0.15) is 9.84 Å². The maximum atomic E-state index is 11.5. The topological polar surface area (TPSA) is 72.6 Å². The molecule has 2 fully saturated rings. The first-order valence-corrected chi connectivity index (χ1v) is 8.53. The molecule has 0 aromatic heterocycles. The molecule has 1 unspecified atom stereocenters. The van der Waals surface area contributed by atoms with Crippen LogP contribution in [0.5, 0.6) is 0 Å². The van der Waals surface area contributed by atoms with Crippen molar-refractivity contribution in [2.45, 2.75) is 37.3 Å². The van der Waals surface area contributed by atoms with Crippen LogP contribution in [0.3, 0.4) is 0 Å². The van der Waals surface area contributed by atoms with E-state index in [1.807, 2.05) is 7.05 Å². The smallest absolute Gasteiger partial charge is 0.150 e. The molecule has 0 saturated carbocycles. The van der Waals surface area contributed by atoms with Gasteiger partial charge in [0, 0.05) is 25.2 Å². The standard InChI is InChI=1S/C12H24N2O3S/c1-14(9-11-3-2-6-17-11)12(10-13)4-7-18(15,16)8-5-12/h11H,2-10,13H2,1H3. The molecule has 6 heteroatoms. The van der Waals surface area contributed by atoms with Crippen LogP contribution < -0.4 is 5.73 Å². The molecule has 0 aromatic carbocycles. The van der Waals surface area contributed by atoms with Crippen LogP contribution in [0.4, 0.5) is 0 Å². The lowest BCUT2D eigenvalue weighted by molar-refractivity contribution is 0.0326. The quantitative estimate of drug-likeness (QED) is 0.782. The number of hydrogen-bond acceptors (Lipinski definition) is 5. The Bertz CT molecular complexity index is 363. The second-order valence-corrected chi connectivity index (χ2v) is 7.90. The van der Waals surface area contributed by atoms with Crippen LogP contribution in [0, 0.1) is 0 Å². The van der Waals surface area contributed by atoms with E-state index in [1.165, 1.54) is 0 Å². The fourth-order valence-electron chi connectivity index (χ4n) is 2.95. The molecule has 18 heavy (non-hydrogen) atoms. The van der Waals surface area contributed by atoms with Gasteiger partial charge in [0.15, 0.2) is 0 Å². The van der Waals surface area contributed by atoms with Crippen LogP contribution in [0.2, 0.25) is 0 Å². The number of nitrogens with two attached hydrogens (primary N) is 1. The highest BCUT2D eigenvalue weighted by atomic mass is 32.2. The zero-order valence-corrected chi connectivity index (χ0v) is 11.9. The van der Waals surface area contributed by atoms with Crippen LogP contribution in [-0.2, 0) is 14.6 Å². The molecule has 2 N–H and O–H groups in total. The minimum absolute atomic E-state index is 0.155. The minimum atomic E-state index is -2.84.